The molecule has 88 valence electrons. The summed E-state index contributed by atoms with van der Waals surface area (Å²) in [5.74, 6) is -0.0671. The van der Waals surface area contributed by atoms with Gasteiger partial charge in [-0.25, -0.2) is 0 Å². The molecule has 0 aromatic heterocycles. The monoisotopic (exact) mass is 223 g/mol. The Bertz CT molecular complexity index is 340. The van der Waals surface area contributed by atoms with E-state index in [1.807, 2.05) is 37.3 Å². The number of nitrogens with zero attached hydrogens (tertiary/aromatic N) is 1. The van der Waals surface area contributed by atoms with Crippen LogP contribution in [-0.4, -0.2) is 35.5 Å². The first-order chi connectivity index (χ1) is 7.57. The highest BCUT2D eigenvalue weighted by molar-refractivity contribution is 5.76. The zero-order valence-electron chi connectivity index (χ0n) is 9.76. The van der Waals surface area contributed by atoms with Crippen molar-refractivity contribution in [3.8, 4) is 0 Å². The van der Waals surface area contributed by atoms with Crippen LogP contribution in [0.3, 0.4) is 0 Å². The van der Waals surface area contributed by atoms with Crippen LogP contribution in [0, 0.1) is 0 Å². The fourth-order valence-corrected chi connectivity index (χ4v) is 1.54. The van der Waals surface area contributed by atoms with Crippen LogP contribution in [0.1, 0.15) is 18.6 Å². The lowest BCUT2D eigenvalue weighted by Gasteiger charge is -2.28. The van der Waals surface area contributed by atoms with Crippen molar-refractivity contribution in [3.63, 3.8) is 0 Å². The van der Waals surface area contributed by atoms with Crippen LogP contribution in [0.25, 0.3) is 0 Å². The van der Waals surface area contributed by atoms with Crippen LogP contribution in [0.4, 0.5) is 0 Å². The second-order valence-corrected chi connectivity index (χ2v) is 3.85. The van der Waals surface area contributed by atoms with E-state index >= 15 is 0 Å². The van der Waals surface area contributed by atoms with Crippen molar-refractivity contribution < 1.29 is 15.6 Å². The summed E-state index contributed by atoms with van der Waals surface area (Å²) in [5.41, 5.74) is 4.37. The van der Waals surface area contributed by atoms with Crippen LogP contribution in [0.15, 0.2) is 30.3 Å². The molecule has 0 saturated carbocycles. The summed E-state index contributed by atoms with van der Waals surface area (Å²) >= 11 is 0. The Morgan fingerprint density at radius 3 is 2.50 bits per heavy atom. The normalized spacial score (nSPS) is 14.2. The summed E-state index contributed by atoms with van der Waals surface area (Å²) in [4.78, 5) is 13.0. The van der Waals surface area contributed by atoms with Gasteiger partial charge in [0, 0.05) is 7.05 Å². The number of quaternary nitrogens is 1. The zero-order valence-corrected chi connectivity index (χ0v) is 9.76. The van der Waals surface area contributed by atoms with Gasteiger partial charge in [0.05, 0.1) is 12.1 Å². The topological polar surface area (TPSA) is 68.2 Å². The number of aliphatic hydroxyl groups excluding tert-OH is 1. The molecule has 1 rings (SSSR count). The van der Waals surface area contributed by atoms with Gasteiger partial charge < -0.3 is 15.7 Å². The molecular formula is C12H19N2O2+. The summed E-state index contributed by atoms with van der Waals surface area (Å²) in [7, 11) is 1.68. The number of carbonyl (C=O) groups excluding carboxylic acids is 1. The van der Waals surface area contributed by atoms with E-state index in [4.69, 9.17) is 0 Å². The third-order valence-corrected chi connectivity index (χ3v) is 2.82. The minimum absolute atomic E-state index is 0.0671. The van der Waals surface area contributed by atoms with Gasteiger partial charge in [-0.1, -0.05) is 30.3 Å². The minimum Gasteiger partial charge on any atom is -0.386 e. The molecule has 0 heterocycles. The van der Waals surface area contributed by atoms with Gasteiger partial charge in [-0.3, -0.25) is 4.79 Å². The molecule has 4 N–H and O–H groups in total. The number of aliphatic hydroxyl groups is 1. The number of carbonyl (C=O) groups is 1. The van der Waals surface area contributed by atoms with Gasteiger partial charge in [0.15, 0.2) is 6.54 Å². The van der Waals surface area contributed by atoms with Crippen molar-refractivity contribution in [1.29, 1.82) is 0 Å². The Morgan fingerprint density at radius 1 is 1.44 bits per heavy atom. The Hall–Kier alpha value is -1.39. The summed E-state index contributed by atoms with van der Waals surface area (Å²) in [6, 6.07) is 9.08. The summed E-state index contributed by atoms with van der Waals surface area (Å²) in [6.45, 7) is 2.04. The maximum absolute atomic E-state index is 11.4. The third kappa shape index (κ3) is 2.81. The SMILES string of the molecule is CC(C(O)c1ccccc1)N(C)C(=O)C[NH3+]. The summed E-state index contributed by atoms with van der Waals surface area (Å²) in [6.07, 6.45) is -0.665. The second-order valence-electron chi connectivity index (χ2n) is 3.85. The molecule has 0 saturated heterocycles. The smallest absolute Gasteiger partial charge is 0.277 e. The predicted molar refractivity (Wildman–Crippen MR) is 61.4 cm³/mol. The fourth-order valence-electron chi connectivity index (χ4n) is 1.54. The Balaban J connectivity index is 2.74. The molecule has 0 radical (unpaired) electrons. The number of rotatable bonds is 4. The van der Waals surface area contributed by atoms with E-state index in [-0.39, 0.29) is 18.5 Å². The molecule has 0 aliphatic rings. The van der Waals surface area contributed by atoms with Gasteiger partial charge in [-0.15, -0.1) is 0 Å². The van der Waals surface area contributed by atoms with E-state index < -0.39 is 6.10 Å². The van der Waals surface area contributed by atoms with E-state index in [9.17, 15) is 9.90 Å². The molecule has 0 spiro atoms. The number of benzene rings is 1. The van der Waals surface area contributed by atoms with Gasteiger partial charge in [-0.2, -0.15) is 0 Å². The van der Waals surface area contributed by atoms with Crippen LogP contribution >= 0.6 is 0 Å². The lowest BCUT2D eigenvalue weighted by Crippen LogP contribution is -2.58. The van der Waals surface area contributed by atoms with Crippen molar-refractivity contribution in [1.82, 2.24) is 4.90 Å². The van der Waals surface area contributed by atoms with Gasteiger partial charge >= 0.3 is 0 Å². The predicted octanol–water partition coefficient (Wildman–Crippen LogP) is -0.191. The van der Waals surface area contributed by atoms with E-state index in [2.05, 4.69) is 5.73 Å². The molecule has 1 aromatic rings. The lowest BCUT2D eigenvalue weighted by atomic mass is 10.0. The fraction of sp³-hybridized carbons (Fsp3) is 0.417. The average molecular weight is 223 g/mol. The first-order valence-corrected chi connectivity index (χ1v) is 5.35. The number of hydrogen-bond donors (Lipinski definition) is 2. The highest BCUT2D eigenvalue weighted by atomic mass is 16.3. The molecule has 0 aliphatic carbocycles. The van der Waals surface area contributed by atoms with Crippen LogP contribution in [0.5, 0.6) is 0 Å². The molecule has 4 nitrogen and oxygen atoms in total. The molecule has 1 amide bonds. The molecule has 0 fully saturated rings. The number of hydrogen-bond acceptors (Lipinski definition) is 2. The van der Waals surface area contributed by atoms with Crippen molar-refractivity contribution in [2.24, 2.45) is 0 Å². The van der Waals surface area contributed by atoms with Gasteiger partial charge in [0.1, 0.15) is 0 Å². The van der Waals surface area contributed by atoms with E-state index in [0.29, 0.717) is 0 Å². The van der Waals surface area contributed by atoms with Crippen LogP contribution in [0.2, 0.25) is 0 Å². The van der Waals surface area contributed by atoms with Crippen LogP contribution in [-0.2, 0) is 4.79 Å². The minimum atomic E-state index is -0.665. The lowest BCUT2D eigenvalue weighted by molar-refractivity contribution is -0.357. The molecular weight excluding hydrogens is 204 g/mol. The standard InChI is InChI=1S/C12H18N2O2/c1-9(14(2)11(15)8-13)12(16)10-6-4-3-5-7-10/h3-7,9,12,16H,8,13H2,1-2H3/p+1. The number of likely N-dealkylation sites (N-methyl/N-ethyl adjacent to an activating group) is 1. The highest BCUT2D eigenvalue weighted by Crippen LogP contribution is 2.19. The zero-order chi connectivity index (χ0) is 12.1. The van der Waals surface area contributed by atoms with E-state index in [1.54, 1.807) is 7.05 Å². The second kappa shape index (κ2) is 5.63. The molecule has 2 unspecified atom stereocenters. The largest absolute Gasteiger partial charge is 0.386 e. The average Bonchev–Trinajstić information content (AvgIpc) is 2.36. The first kappa shape index (κ1) is 12.7. The van der Waals surface area contributed by atoms with Gasteiger partial charge in [0.25, 0.3) is 5.91 Å². The maximum atomic E-state index is 11.4. The number of amides is 1. The molecule has 4 heteroatoms. The van der Waals surface area contributed by atoms with E-state index in [1.165, 1.54) is 4.90 Å². The van der Waals surface area contributed by atoms with Crippen molar-refractivity contribution in [3.05, 3.63) is 35.9 Å². The van der Waals surface area contributed by atoms with Gasteiger partial charge in [0.2, 0.25) is 0 Å². The molecule has 16 heavy (non-hydrogen) atoms. The molecule has 1 aromatic carbocycles. The summed E-state index contributed by atoms with van der Waals surface area (Å²) in [5, 5.41) is 10.1. The molecule has 0 aliphatic heterocycles. The van der Waals surface area contributed by atoms with Crippen molar-refractivity contribution >= 4 is 5.91 Å². The Labute approximate surface area is 95.7 Å². The van der Waals surface area contributed by atoms with Crippen molar-refractivity contribution in [2.45, 2.75) is 19.1 Å². The Kier molecular flexibility index (Phi) is 4.46. The quantitative estimate of drug-likeness (QED) is 0.743. The first-order valence-electron chi connectivity index (χ1n) is 5.35. The van der Waals surface area contributed by atoms with Crippen LogP contribution < -0.4 is 5.73 Å². The Morgan fingerprint density at radius 2 is 2.00 bits per heavy atom. The maximum Gasteiger partial charge on any atom is 0.277 e. The van der Waals surface area contributed by atoms with Gasteiger partial charge in [-0.05, 0) is 12.5 Å². The summed E-state index contributed by atoms with van der Waals surface area (Å²) < 4.78 is 0. The third-order valence-electron chi connectivity index (χ3n) is 2.82. The van der Waals surface area contributed by atoms with E-state index in [0.717, 1.165) is 5.56 Å². The molecule has 0 bridgehead atoms. The molecule has 2 atom stereocenters. The van der Waals surface area contributed by atoms with Crippen molar-refractivity contribution in [2.75, 3.05) is 13.6 Å². The highest BCUT2D eigenvalue weighted by Gasteiger charge is 2.23.